The first-order valence-electron chi connectivity index (χ1n) is 8.12. The van der Waals surface area contributed by atoms with Crippen LogP contribution in [0.1, 0.15) is 21.7 Å². The normalized spacial score (nSPS) is 11.5. The van der Waals surface area contributed by atoms with Crippen molar-refractivity contribution < 1.29 is 14.3 Å². The SMILES string of the molecule is O=C(N[C@@H](Cc1cnc[nH]1)C(=O)OCc1ccccc1)c1ccccn1. The number of carbonyl (C=O) groups is 2. The van der Waals surface area contributed by atoms with Gasteiger partial charge in [-0.05, 0) is 17.7 Å². The van der Waals surface area contributed by atoms with Gasteiger partial charge in [-0.2, -0.15) is 0 Å². The van der Waals surface area contributed by atoms with Crippen molar-refractivity contribution in [1.29, 1.82) is 0 Å². The fourth-order valence-corrected chi connectivity index (χ4v) is 2.37. The zero-order chi connectivity index (χ0) is 18.2. The number of nitrogens with one attached hydrogen (secondary N) is 2. The Morgan fingerprint density at radius 3 is 2.62 bits per heavy atom. The second kappa shape index (κ2) is 8.57. The summed E-state index contributed by atoms with van der Waals surface area (Å²) in [6, 6.07) is 13.5. The van der Waals surface area contributed by atoms with Crippen LogP contribution < -0.4 is 5.32 Å². The van der Waals surface area contributed by atoms with E-state index >= 15 is 0 Å². The number of esters is 1. The molecule has 3 aromatic rings. The molecule has 0 unspecified atom stereocenters. The molecule has 26 heavy (non-hydrogen) atoms. The lowest BCUT2D eigenvalue weighted by Crippen LogP contribution is -2.43. The largest absolute Gasteiger partial charge is 0.459 e. The average Bonchev–Trinajstić information content (AvgIpc) is 3.20. The van der Waals surface area contributed by atoms with Crippen molar-refractivity contribution in [2.45, 2.75) is 19.1 Å². The molecule has 0 aliphatic heterocycles. The van der Waals surface area contributed by atoms with Gasteiger partial charge >= 0.3 is 5.97 Å². The fraction of sp³-hybridized carbons (Fsp3) is 0.158. The first kappa shape index (κ1) is 17.3. The zero-order valence-corrected chi connectivity index (χ0v) is 14.0. The Morgan fingerprint density at radius 1 is 1.12 bits per heavy atom. The summed E-state index contributed by atoms with van der Waals surface area (Å²) in [5.74, 6) is -0.959. The second-order valence-corrected chi connectivity index (χ2v) is 5.62. The third-order valence-electron chi connectivity index (χ3n) is 3.69. The molecule has 0 aliphatic rings. The molecule has 0 aliphatic carbocycles. The van der Waals surface area contributed by atoms with Gasteiger partial charge in [0.05, 0.1) is 6.33 Å². The van der Waals surface area contributed by atoms with Crippen LogP contribution in [0.4, 0.5) is 0 Å². The molecule has 1 aromatic carbocycles. The van der Waals surface area contributed by atoms with Crippen LogP contribution in [0.15, 0.2) is 67.3 Å². The summed E-state index contributed by atoms with van der Waals surface area (Å²) in [6.45, 7) is 0.138. The number of hydrogen-bond acceptors (Lipinski definition) is 5. The average molecular weight is 350 g/mol. The van der Waals surface area contributed by atoms with Gasteiger partial charge in [0.25, 0.3) is 5.91 Å². The molecule has 0 bridgehead atoms. The van der Waals surface area contributed by atoms with E-state index in [4.69, 9.17) is 4.74 Å². The number of nitrogens with zero attached hydrogens (tertiary/aromatic N) is 2. The molecule has 7 heteroatoms. The van der Waals surface area contributed by atoms with Crippen LogP contribution in [-0.4, -0.2) is 32.9 Å². The van der Waals surface area contributed by atoms with Crippen molar-refractivity contribution in [2.24, 2.45) is 0 Å². The minimum Gasteiger partial charge on any atom is -0.459 e. The number of rotatable bonds is 7. The van der Waals surface area contributed by atoms with Gasteiger partial charge in [-0.25, -0.2) is 9.78 Å². The third kappa shape index (κ3) is 4.76. The van der Waals surface area contributed by atoms with Gasteiger partial charge in [0, 0.05) is 24.5 Å². The number of aromatic nitrogens is 3. The number of amides is 1. The van der Waals surface area contributed by atoms with Gasteiger partial charge in [-0.1, -0.05) is 36.4 Å². The second-order valence-electron chi connectivity index (χ2n) is 5.62. The van der Waals surface area contributed by atoms with Crippen LogP contribution >= 0.6 is 0 Å². The number of ether oxygens (including phenoxy) is 1. The summed E-state index contributed by atoms with van der Waals surface area (Å²) < 4.78 is 5.37. The molecule has 0 radical (unpaired) electrons. The zero-order valence-electron chi connectivity index (χ0n) is 14.0. The number of aromatic amines is 1. The van der Waals surface area contributed by atoms with Crippen LogP contribution in [0.3, 0.4) is 0 Å². The third-order valence-corrected chi connectivity index (χ3v) is 3.69. The van der Waals surface area contributed by atoms with E-state index in [1.54, 1.807) is 24.4 Å². The Bertz CT molecular complexity index is 836. The van der Waals surface area contributed by atoms with Gasteiger partial charge in [0.2, 0.25) is 0 Å². The number of pyridine rings is 1. The van der Waals surface area contributed by atoms with E-state index < -0.39 is 17.9 Å². The van der Waals surface area contributed by atoms with E-state index in [1.165, 1.54) is 12.5 Å². The summed E-state index contributed by atoms with van der Waals surface area (Å²) >= 11 is 0. The lowest BCUT2D eigenvalue weighted by molar-refractivity contribution is -0.147. The van der Waals surface area contributed by atoms with Crippen molar-refractivity contribution in [2.75, 3.05) is 0 Å². The van der Waals surface area contributed by atoms with E-state index in [-0.39, 0.29) is 18.7 Å². The lowest BCUT2D eigenvalue weighted by Gasteiger charge is -2.17. The van der Waals surface area contributed by atoms with Crippen molar-refractivity contribution in [3.8, 4) is 0 Å². The Labute approximate surface area is 150 Å². The van der Waals surface area contributed by atoms with Crippen LogP contribution in [0, 0.1) is 0 Å². The maximum absolute atomic E-state index is 12.5. The molecule has 0 spiro atoms. The van der Waals surface area contributed by atoms with E-state index in [2.05, 4.69) is 20.3 Å². The van der Waals surface area contributed by atoms with Crippen molar-refractivity contribution in [1.82, 2.24) is 20.3 Å². The topological polar surface area (TPSA) is 97.0 Å². The van der Waals surface area contributed by atoms with E-state index in [1.807, 2.05) is 30.3 Å². The highest BCUT2D eigenvalue weighted by Gasteiger charge is 2.24. The summed E-state index contributed by atoms with van der Waals surface area (Å²) in [5, 5.41) is 2.68. The molecule has 0 saturated carbocycles. The Kier molecular flexibility index (Phi) is 5.72. The minimum absolute atomic E-state index is 0.138. The molecule has 2 aromatic heterocycles. The van der Waals surface area contributed by atoms with Crippen molar-refractivity contribution in [3.05, 3.63) is 84.2 Å². The molecular formula is C19H18N4O3. The summed E-state index contributed by atoms with van der Waals surface area (Å²) in [5.41, 5.74) is 1.82. The summed E-state index contributed by atoms with van der Waals surface area (Å²) in [6.07, 6.45) is 4.88. The van der Waals surface area contributed by atoms with Crippen LogP contribution in [0.2, 0.25) is 0 Å². The lowest BCUT2D eigenvalue weighted by atomic mass is 10.1. The van der Waals surface area contributed by atoms with Gasteiger partial charge < -0.3 is 15.0 Å². The highest BCUT2D eigenvalue weighted by molar-refractivity contribution is 5.95. The molecule has 2 heterocycles. The molecule has 1 atom stereocenters. The minimum atomic E-state index is -0.853. The van der Waals surface area contributed by atoms with Crippen LogP contribution in [0.5, 0.6) is 0 Å². The quantitative estimate of drug-likeness (QED) is 0.634. The maximum atomic E-state index is 12.5. The predicted octanol–water partition coefficient (Wildman–Crippen LogP) is 1.89. The highest BCUT2D eigenvalue weighted by Crippen LogP contribution is 2.06. The molecule has 3 rings (SSSR count). The van der Waals surface area contributed by atoms with E-state index in [9.17, 15) is 9.59 Å². The Morgan fingerprint density at radius 2 is 1.92 bits per heavy atom. The number of imidazole rings is 1. The first-order chi connectivity index (χ1) is 12.7. The molecule has 7 nitrogen and oxygen atoms in total. The standard InChI is InChI=1S/C19H18N4O3/c24-18(16-8-4-5-9-21-16)23-17(10-15-11-20-13-22-15)19(25)26-12-14-6-2-1-3-7-14/h1-9,11,13,17H,10,12H2,(H,20,22)(H,23,24)/t17-/m0/s1. The number of H-pyrrole nitrogens is 1. The van der Waals surface area contributed by atoms with Crippen molar-refractivity contribution >= 4 is 11.9 Å². The van der Waals surface area contributed by atoms with Crippen LogP contribution in [0.25, 0.3) is 0 Å². The number of hydrogen-bond donors (Lipinski definition) is 2. The fourth-order valence-electron chi connectivity index (χ4n) is 2.37. The van der Waals surface area contributed by atoms with Gasteiger partial charge in [0.1, 0.15) is 18.3 Å². The Balaban J connectivity index is 1.68. The van der Waals surface area contributed by atoms with E-state index in [0.717, 1.165) is 5.56 Å². The monoisotopic (exact) mass is 350 g/mol. The molecule has 1 amide bonds. The van der Waals surface area contributed by atoms with Gasteiger partial charge in [0.15, 0.2) is 0 Å². The van der Waals surface area contributed by atoms with Gasteiger partial charge in [-0.3, -0.25) is 9.78 Å². The first-order valence-corrected chi connectivity index (χ1v) is 8.12. The number of benzene rings is 1. The van der Waals surface area contributed by atoms with E-state index in [0.29, 0.717) is 5.69 Å². The van der Waals surface area contributed by atoms with Crippen molar-refractivity contribution in [3.63, 3.8) is 0 Å². The molecule has 0 fully saturated rings. The molecular weight excluding hydrogens is 332 g/mol. The van der Waals surface area contributed by atoms with Crippen LogP contribution in [-0.2, 0) is 22.6 Å². The smallest absolute Gasteiger partial charge is 0.329 e. The van der Waals surface area contributed by atoms with Gasteiger partial charge in [-0.15, -0.1) is 0 Å². The summed E-state index contributed by atoms with van der Waals surface area (Å²) in [7, 11) is 0. The predicted molar refractivity (Wildman–Crippen MR) is 94.0 cm³/mol. The molecule has 0 saturated heterocycles. The molecule has 132 valence electrons. The molecule has 2 N–H and O–H groups in total. The summed E-state index contributed by atoms with van der Waals surface area (Å²) in [4.78, 5) is 35.7. The maximum Gasteiger partial charge on any atom is 0.329 e. The number of carbonyl (C=O) groups excluding carboxylic acids is 2. The highest BCUT2D eigenvalue weighted by atomic mass is 16.5. The Hall–Kier alpha value is -3.48.